The number of benzene rings is 2. The largest absolute Gasteiger partial charge is 0.491 e. The van der Waals surface area contributed by atoms with Crippen LogP contribution in [0.15, 0.2) is 53.3 Å². The SMILES string of the molecule is COc1c(-c2ccc(OC3CCN(C(C)C)CC3)cc2)n(C)c2ccccc2c1=O. The maximum atomic E-state index is 12.9. The number of nitrogens with zero attached hydrogens (tertiary/aromatic N) is 2. The molecule has 5 heteroatoms. The van der Waals surface area contributed by atoms with Gasteiger partial charge in [-0.15, -0.1) is 0 Å². The number of hydrogen-bond donors (Lipinski definition) is 0. The van der Waals surface area contributed by atoms with Crippen molar-refractivity contribution in [1.82, 2.24) is 9.47 Å². The second kappa shape index (κ2) is 8.52. The molecule has 0 spiro atoms. The number of aromatic nitrogens is 1. The van der Waals surface area contributed by atoms with Crippen molar-refractivity contribution >= 4 is 10.9 Å². The Kier molecular flexibility index (Phi) is 5.82. The summed E-state index contributed by atoms with van der Waals surface area (Å²) in [4.78, 5) is 15.4. The summed E-state index contributed by atoms with van der Waals surface area (Å²) in [6, 6.07) is 16.2. The third-order valence-corrected chi connectivity index (χ3v) is 6.11. The van der Waals surface area contributed by atoms with Gasteiger partial charge in [0, 0.05) is 37.1 Å². The van der Waals surface area contributed by atoms with Gasteiger partial charge in [-0.1, -0.05) is 12.1 Å². The number of ether oxygens (including phenoxy) is 2. The third-order valence-electron chi connectivity index (χ3n) is 6.11. The smallest absolute Gasteiger partial charge is 0.231 e. The molecule has 2 aromatic carbocycles. The molecule has 0 bridgehead atoms. The summed E-state index contributed by atoms with van der Waals surface area (Å²) in [6.07, 6.45) is 2.35. The molecule has 30 heavy (non-hydrogen) atoms. The zero-order chi connectivity index (χ0) is 21.3. The molecular formula is C25H30N2O3. The first-order valence-electron chi connectivity index (χ1n) is 10.7. The Morgan fingerprint density at radius 3 is 2.30 bits per heavy atom. The van der Waals surface area contributed by atoms with E-state index in [1.54, 1.807) is 7.11 Å². The van der Waals surface area contributed by atoms with Gasteiger partial charge in [-0.05, 0) is 63.1 Å². The number of fused-ring (bicyclic) bond motifs is 1. The number of para-hydroxylation sites is 1. The number of methoxy groups -OCH3 is 1. The van der Waals surface area contributed by atoms with Gasteiger partial charge in [0.1, 0.15) is 11.9 Å². The molecule has 1 aliphatic heterocycles. The quantitative estimate of drug-likeness (QED) is 0.627. The number of piperidine rings is 1. The highest BCUT2D eigenvalue weighted by atomic mass is 16.5. The fourth-order valence-electron chi connectivity index (χ4n) is 4.37. The lowest BCUT2D eigenvalue weighted by molar-refractivity contribution is 0.0843. The predicted octanol–water partition coefficient (Wildman–Crippen LogP) is 4.47. The van der Waals surface area contributed by atoms with E-state index in [9.17, 15) is 4.79 Å². The summed E-state index contributed by atoms with van der Waals surface area (Å²) in [5, 5.41) is 0.660. The lowest BCUT2D eigenvalue weighted by atomic mass is 10.1. The third kappa shape index (κ3) is 3.82. The van der Waals surface area contributed by atoms with E-state index in [2.05, 4.69) is 18.7 Å². The van der Waals surface area contributed by atoms with Crippen LogP contribution in [0.4, 0.5) is 0 Å². The highest BCUT2D eigenvalue weighted by Gasteiger charge is 2.22. The minimum atomic E-state index is -0.0848. The normalized spacial score (nSPS) is 15.6. The van der Waals surface area contributed by atoms with Gasteiger partial charge in [-0.2, -0.15) is 0 Å². The lowest BCUT2D eigenvalue weighted by Gasteiger charge is -2.34. The Morgan fingerprint density at radius 2 is 1.67 bits per heavy atom. The molecule has 3 aromatic rings. The van der Waals surface area contributed by atoms with E-state index in [1.165, 1.54) is 0 Å². The van der Waals surface area contributed by atoms with Crippen molar-refractivity contribution < 1.29 is 9.47 Å². The maximum absolute atomic E-state index is 12.9. The summed E-state index contributed by atoms with van der Waals surface area (Å²) in [6.45, 7) is 6.65. The molecule has 158 valence electrons. The molecule has 0 unspecified atom stereocenters. The minimum absolute atomic E-state index is 0.0848. The molecule has 0 aliphatic carbocycles. The number of hydrogen-bond acceptors (Lipinski definition) is 4. The highest BCUT2D eigenvalue weighted by Crippen LogP contribution is 2.31. The molecule has 0 amide bonds. The summed E-state index contributed by atoms with van der Waals surface area (Å²) in [5.74, 6) is 1.23. The van der Waals surface area contributed by atoms with Crippen molar-refractivity contribution in [3.63, 3.8) is 0 Å². The molecule has 1 aromatic heterocycles. The topological polar surface area (TPSA) is 43.7 Å². The van der Waals surface area contributed by atoms with E-state index in [4.69, 9.17) is 9.47 Å². The first kappa shape index (κ1) is 20.5. The van der Waals surface area contributed by atoms with Crippen LogP contribution in [0.2, 0.25) is 0 Å². The molecule has 4 rings (SSSR count). The molecule has 1 aliphatic rings. The second-order valence-electron chi connectivity index (χ2n) is 8.26. The van der Waals surface area contributed by atoms with Crippen molar-refractivity contribution in [3.05, 3.63) is 58.8 Å². The molecular weight excluding hydrogens is 376 g/mol. The van der Waals surface area contributed by atoms with E-state index in [0.29, 0.717) is 17.2 Å². The molecule has 0 radical (unpaired) electrons. The minimum Gasteiger partial charge on any atom is -0.491 e. The Labute approximate surface area is 177 Å². The van der Waals surface area contributed by atoms with E-state index < -0.39 is 0 Å². The van der Waals surface area contributed by atoms with Gasteiger partial charge in [0.05, 0.1) is 18.3 Å². The van der Waals surface area contributed by atoms with Crippen LogP contribution in [0.25, 0.3) is 22.2 Å². The fourth-order valence-corrected chi connectivity index (χ4v) is 4.37. The molecule has 1 saturated heterocycles. The first-order chi connectivity index (χ1) is 14.5. The van der Waals surface area contributed by atoms with Gasteiger partial charge in [0.25, 0.3) is 0 Å². The molecule has 0 saturated carbocycles. The van der Waals surface area contributed by atoms with Crippen LogP contribution < -0.4 is 14.9 Å². The first-order valence-corrected chi connectivity index (χ1v) is 10.7. The molecule has 0 N–H and O–H groups in total. The summed E-state index contributed by atoms with van der Waals surface area (Å²) in [5.41, 5.74) is 2.51. The van der Waals surface area contributed by atoms with Crippen molar-refractivity contribution in [2.24, 2.45) is 7.05 Å². The fraction of sp³-hybridized carbons (Fsp3) is 0.400. The second-order valence-corrected chi connectivity index (χ2v) is 8.26. The van der Waals surface area contributed by atoms with Crippen LogP contribution in [0.3, 0.4) is 0 Å². The van der Waals surface area contributed by atoms with Crippen molar-refractivity contribution in [3.8, 4) is 22.8 Å². The van der Waals surface area contributed by atoms with Gasteiger partial charge in [0.15, 0.2) is 5.75 Å². The number of aryl methyl sites for hydroxylation is 1. The zero-order valence-electron chi connectivity index (χ0n) is 18.2. The molecule has 1 fully saturated rings. The van der Waals surface area contributed by atoms with Crippen LogP contribution >= 0.6 is 0 Å². The van der Waals surface area contributed by atoms with Crippen molar-refractivity contribution in [1.29, 1.82) is 0 Å². The van der Waals surface area contributed by atoms with Crippen molar-refractivity contribution in [2.45, 2.75) is 38.8 Å². The average molecular weight is 407 g/mol. The monoisotopic (exact) mass is 406 g/mol. The highest BCUT2D eigenvalue weighted by molar-refractivity contribution is 5.85. The van der Waals surface area contributed by atoms with Crippen LogP contribution in [-0.2, 0) is 7.05 Å². The van der Waals surface area contributed by atoms with Crippen LogP contribution in [-0.4, -0.2) is 41.8 Å². The Balaban J connectivity index is 1.60. The molecule has 2 heterocycles. The van der Waals surface area contributed by atoms with Crippen LogP contribution in [0, 0.1) is 0 Å². The number of pyridine rings is 1. The van der Waals surface area contributed by atoms with Crippen LogP contribution in [0.1, 0.15) is 26.7 Å². The van der Waals surface area contributed by atoms with Gasteiger partial charge < -0.3 is 18.9 Å². The van der Waals surface area contributed by atoms with Gasteiger partial charge >= 0.3 is 0 Å². The maximum Gasteiger partial charge on any atom is 0.231 e. The van der Waals surface area contributed by atoms with E-state index in [-0.39, 0.29) is 11.5 Å². The predicted molar refractivity (Wildman–Crippen MR) is 122 cm³/mol. The van der Waals surface area contributed by atoms with Crippen molar-refractivity contribution in [2.75, 3.05) is 20.2 Å². The summed E-state index contributed by atoms with van der Waals surface area (Å²) in [7, 11) is 3.52. The Morgan fingerprint density at radius 1 is 1.00 bits per heavy atom. The molecule has 0 atom stereocenters. The zero-order valence-corrected chi connectivity index (χ0v) is 18.2. The Hall–Kier alpha value is -2.79. The number of rotatable bonds is 5. The van der Waals surface area contributed by atoms with Gasteiger partial charge in [-0.25, -0.2) is 0 Å². The standard InChI is InChI=1S/C25H30N2O3/c1-17(2)27-15-13-20(14-16-27)30-19-11-9-18(10-12-19)23-25(29-4)24(28)21-7-5-6-8-22(21)26(23)3/h5-12,17,20H,13-16H2,1-4H3. The lowest BCUT2D eigenvalue weighted by Crippen LogP contribution is -2.41. The van der Waals surface area contributed by atoms with E-state index in [0.717, 1.165) is 48.5 Å². The van der Waals surface area contributed by atoms with E-state index >= 15 is 0 Å². The molecule has 5 nitrogen and oxygen atoms in total. The van der Waals surface area contributed by atoms with E-state index in [1.807, 2.05) is 60.1 Å². The van der Waals surface area contributed by atoms with Gasteiger partial charge in [0.2, 0.25) is 5.43 Å². The summed E-state index contributed by atoms with van der Waals surface area (Å²) < 4.78 is 13.8. The van der Waals surface area contributed by atoms with Crippen LogP contribution in [0.5, 0.6) is 11.5 Å². The number of likely N-dealkylation sites (tertiary alicyclic amines) is 1. The van der Waals surface area contributed by atoms with Gasteiger partial charge in [-0.3, -0.25) is 4.79 Å². The Bertz CT molecular complexity index is 1080. The summed E-state index contributed by atoms with van der Waals surface area (Å²) >= 11 is 0. The average Bonchev–Trinajstić information content (AvgIpc) is 2.77.